The Morgan fingerprint density at radius 3 is 2.36 bits per heavy atom. The van der Waals surface area contributed by atoms with E-state index in [-0.39, 0.29) is 18.5 Å². The molecule has 0 spiro atoms. The lowest BCUT2D eigenvalue weighted by Crippen LogP contribution is -2.44. The van der Waals surface area contributed by atoms with Crippen molar-refractivity contribution in [3.8, 4) is 0 Å². The van der Waals surface area contributed by atoms with Gasteiger partial charge in [0.15, 0.2) is 0 Å². The van der Waals surface area contributed by atoms with Crippen LogP contribution in [0, 0.1) is 17.2 Å². The van der Waals surface area contributed by atoms with E-state index in [0.29, 0.717) is 28.1 Å². The van der Waals surface area contributed by atoms with Gasteiger partial charge in [-0.1, -0.05) is 25.9 Å². The number of fused-ring (bicyclic) bond motifs is 1. The molecule has 2 fully saturated rings. The van der Waals surface area contributed by atoms with Crippen molar-refractivity contribution in [2.24, 2.45) is 21.6 Å². The Morgan fingerprint density at radius 2 is 1.78 bits per heavy atom. The van der Waals surface area contributed by atoms with E-state index in [1.807, 2.05) is 0 Å². The summed E-state index contributed by atoms with van der Waals surface area (Å²) in [4.78, 5) is 7.49. The van der Waals surface area contributed by atoms with Crippen molar-refractivity contribution in [2.45, 2.75) is 78.0 Å². The molecule has 1 aliphatic carbocycles. The van der Waals surface area contributed by atoms with Crippen molar-refractivity contribution in [2.75, 3.05) is 20.2 Å². The van der Waals surface area contributed by atoms with E-state index in [2.05, 4.69) is 35.4 Å². The molecule has 4 rings (SSSR count). The molecule has 2 aromatic rings. The van der Waals surface area contributed by atoms with Crippen LogP contribution in [0.25, 0.3) is 10.9 Å². The normalized spacial score (nSPS) is 23.1. The highest BCUT2D eigenvalue weighted by molar-refractivity contribution is 7.84. The van der Waals surface area contributed by atoms with Crippen LogP contribution in [0.4, 0.5) is 4.39 Å². The van der Waals surface area contributed by atoms with Gasteiger partial charge in [0.05, 0.1) is 11.9 Å². The minimum absolute atomic E-state index is 0.115. The van der Waals surface area contributed by atoms with E-state index in [9.17, 15) is 12.8 Å². The van der Waals surface area contributed by atoms with Crippen LogP contribution in [0.2, 0.25) is 0 Å². The number of benzene rings is 1. The first kappa shape index (κ1) is 27.0. The second-order valence-corrected chi connectivity index (χ2v) is 12.4. The molecule has 1 aromatic carbocycles. The Hall–Kier alpha value is -2.01. The summed E-state index contributed by atoms with van der Waals surface area (Å²) < 4.78 is 44.5. The minimum Gasteiger partial charge on any atom is -0.399 e. The lowest BCUT2D eigenvalue weighted by molar-refractivity contribution is 0.0716. The van der Waals surface area contributed by atoms with Gasteiger partial charge >= 0.3 is 10.3 Å². The van der Waals surface area contributed by atoms with Crippen molar-refractivity contribution in [3.05, 3.63) is 35.3 Å². The highest BCUT2D eigenvalue weighted by Gasteiger charge is 2.34. The third-order valence-electron chi connectivity index (χ3n) is 8.06. The molecule has 200 valence electrons. The van der Waals surface area contributed by atoms with Crippen molar-refractivity contribution < 1.29 is 21.8 Å². The second kappa shape index (κ2) is 10.8. The first-order chi connectivity index (χ1) is 17.0. The molecule has 0 bridgehead atoms. The number of nitrogens with zero attached hydrogens (tertiary/aromatic N) is 3. The number of hydrogen-bond donors (Lipinski definition) is 1. The van der Waals surface area contributed by atoms with Crippen molar-refractivity contribution in [3.63, 3.8) is 0 Å². The summed E-state index contributed by atoms with van der Waals surface area (Å²) in [5.74, 6) is 0.401. The van der Waals surface area contributed by atoms with Crippen LogP contribution in [0.15, 0.2) is 23.4 Å². The topological polar surface area (TPSA) is 99.1 Å². The fourth-order valence-corrected chi connectivity index (χ4v) is 6.41. The molecule has 2 N–H and O–H groups in total. The Kier molecular flexibility index (Phi) is 8.09. The standard InChI is InChI=1S/C26H39FN4O4S/c1-26(2,3)18-5-8-20(9-6-18)30-13-11-21(12-14-30)31-24-10-7-19(27)15-22(24)23(16-29-34-4)25(31)17-35-36(28,32)33/h7,10,15-16,18,20-21H,5-6,8-9,11-14,17H2,1-4H3,(H2,28,32,33). The predicted molar refractivity (Wildman–Crippen MR) is 139 cm³/mol. The lowest BCUT2D eigenvalue weighted by Gasteiger charge is -2.43. The lowest BCUT2D eigenvalue weighted by atomic mass is 9.71. The van der Waals surface area contributed by atoms with E-state index in [1.165, 1.54) is 51.1 Å². The number of rotatable bonds is 7. The summed E-state index contributed by atoms with van der Waals surface area (Å²) in [6, 6.07) is 5.32. The number of hydrogen-bond acceptors (Lipinski definition) is 6. The zero-order valence-electron chi connectivity index (χ0n) is 21.7. The Morgan fingerprint density at radius 1 is 1.11 bits per heavy atom. The molecule has 0 radical (unpaired) electrons. The first-order valence-corrected chi connectivity index (χ1v) is 14.2. The average molecular weight is 523 g/mol. The number of likely N-dealkylation sites (tertiary alicyclic amines) is 1. The molecule has 8 nitrogen and oxygen atoms in total. The fraction of sp³-hybridized carbons (Fsp3) is 0.654. The fourth-order valence-electron chi connectivity index (χ4n) is 6.13. The van der Waals surface area contributed by atoms with Gasteiger partial charge in [-0.25, -0.2) is 9.53 Å². The van der Waals surface area contributed by atoms with Crippen molar-refractivity contribution >= 4 is 27.4 Å². The van der Waals surface area contributed by atoms with Gasteiger partial charge in [-0.05, 0) is 68.1 Å². The molecule has 0 unspecified atom stereocenters. The summed E-state index contributed by atoms with van der Waals surface area (Å²) in [6.07, 6.45) is 8.32. The summed E-state index contributed by atoms with van der Waals surface area (Å²) in [5, 5.41) is 9.64. The van der Waals surface area contributed by atoms with Gasteiger partial charge in [0.1, 0.15) is 19.5 Å². The molecule has 1 aliphatic heterocycles. The van der Waals surface area contributed by atoms with Crippen LogP contribution < -0.4 is 5.14 Å². The first-order valence-electron chi connectivity index (χ1n) is 12.8. The minimum atomic E-state index is -4.16. The van der Waals surface area contributed by atoms with Crippen LogP contribution in [0.3, 0.4) is 0 Å². The molecule has 1 saturated heterocycles. The number of halogens is 1. The van der Waals surface area contributed by atoms with Gasteiger partial charge in [-0.15, -0.1) is 0 Å². The maximum atomic E-state index is 14.2. The number of aromatic nitrogens is 1. The Labute approximate surface area is 213 Å². The number of piperidine rings is 1. The zero-order chi connectivity index (χ0) is 26.1. The molecule has 2 aliphatic rings. The maximum Gasteiger partial charge on any atom is 0.333 e. The third kappa shape index (κ3) is 6.10. The van der Waals surface area contributed by atoms with Crippen LogP contribution in [0.5, 0.6) is 0 Å². The van der Waals surface area contributed by atoms with Crippen LogP contribution in [-0.2, 0) is 25.9 Å². The molecular weight excluding hydrogens is 483 g/mol. The van der Waals surface area contributed by atoms with E-state index in [1.54, 1.807) is 6.07 Å². The molecule has 2 heterocycles. The van der Waals surface area contributed by atoms with E-state index >= 15 is 0 Å². The SMILES string of the molecule is CON=Cc1c(COS(N)(=O)=O)n(C2CCN(C3CCC(C(C)(C)C)CC3)CC2)c2ccc(F)cc12. The number of nitrogens with two attached hydrogens (primary N) is 1. The average Bonchev–Trinajstić information content (AvgIpc) is 3.13. The van der Waals surface area contributed by atoms with Gasteiger partial charge in [0, 0.05) is 41.6 Å². The van der Waals surface area contributed by atoms with Crippen molar-refractivity contribution in [1.29, 1.82) is 0 Å². The summed E-state index contributed by atoms with van der Waals surface area (Å²) >= 11 is 0. The number of oxime groups is 1. The van der Waals surface area contributed by atoms with E-state index in [4.69, 9.17) is 14.2 Å². The van der Waals surface area contributed by atoms with Gasteiger partial charge in [0.2, 0.25) is 0 Å². The van der Waals surface area contributed by atoms with E-state index < -0.39 is 10.3 Å². The third-order valence-corrected chi connectivity index (χ3v) is 8.51. The quantitative estimate of drug-likeness (QED) is 0.419. The largest absolute Gasteiger partial charge is 0.399 e. The molecule has 0 amide bonds. The molecular formula is C26H39FN4O4S. The maximum absolute atomic E-state index is 14.2. The summed E-state index contributed by atoms with van der Waals surface area (Å²) in [5.41, 5.74) is 2.34. The van der Waals surface area contributed by atoms with Gasteiger partial charge in [-0.3, -0.25) is 4.18 Å². The van der Waals surface area contributed by atoms with Crippen LogP contribution in [-0.4, -0.2) is 50.3 Å². The summed E-state index contributed by atoms with van der Waals surface area (Å²) in [7, 11) is -2.74. The highest BCUT2D eigenvalue weighted by atomic mass is 32.2. The highest BCUT2D eigenvalue weighted by Crippen LogP contribution is 2.41. The van der Waals surface area contributed by atoms with Crippen LogP contribution in [0.1, 0.15) is 76.6 Å². The van der Waals surface area contributed by atoms with Gasteiger partial charge < -0.3 is 14.3 Å². The zero-order valence-corrected chi connectivity index (χ0v) is 22.6. The Bertz CT molecular complexity index is 1190. The van der Waals surface area contributed by atoms with Gasteiger partial charge in [-0.2, -0.15) is 8.42 Å². The predicted octanol–water partition coefficient (Wildman–Crippen LogP) is 4.72. The van der Waals surface area contributed by atoms with Crippen LogP contribution >= 0.6 is 0 Å². The molecule has 36 heavy (non-hydrogen) atoms. The molecule has 1 aromatic heterocycles. The van der Waals surface area contributed by atoms with Gasteiger partial charge in [0.25, 0.3) is 0 Å². The molecule has 0 atom stereocenters. The van der Waals surface area contributed by atoms with Crippen molar-refractivity contribution in [1.82, 2.24) is 9.47 Å². The summed E-state index contributed by atoms with van der Waals surface area (Å²) in [6.45, 7) is 8.71. The molecule has 10 heteroatoms. The molecule has 1 saturated carbocycles. The smallest absolute Gasteiger partial charge is 0.333 e. The van der Waals surface area contributed by atoms with E-state index in [0.717, 1.165) is 37.4 Å². The Balaban J connectivity index is 1.58. The second-order valence-electron chi connectivity index (χ2n) is 11.2. The monoisotopic (exact) mass is 522 g/mol.